The SMILES string of the molecule is Cc1sc(NC(=O)C2CCN(c3ccc(C#N)cn3)CC2)nc1-c1ccc(F)c(F)c1. The highest BCUT2D eigenvalue weighted by Gasteiger charge is 2.26. The largest absolute Gasteiger partial charge is 0.357 e. The van der Waals surface area contributed by atoms with Gasteiger partial charge in [0.15, 0.2) is 16.8 Å². The molecule has 31 heavy (non-hydrogen) atoms. The number of aromatic nitrogens is 2. The van der Waals surface area contributed by atoms with Crippen LogP contribution in [0.25, 0.3) is 11.3 Å². The fraction of sp³-hybridized carbons (Fsp3) is 0.273. The van der Waals surface area contributed by atoms with Crippen LogP contribution < -0.4 is 10.2 Å². The number of amides is 1. The molecule has 6 nitrogen and oxygen atoms in total. The lowest BCUT2D eigenvalue weighted by atomic mass is 9.96. The van der Waals surface area contributed by atoms with Gasteiger partial charge in [-0.05, 0) is 50.1 Å². The van der Waals surface area contributed by atoms with E-state index in [0.717, 1.165) is 22.8 Å². The summed E-state index contributed by atoms with van der Waals surface area (Å²) in [5, 5.41) is 12.2. The quantitative estimate of drug-likeness (QED) is 0.646. The number of thiazole rings is 1. The number of halogens is 2. The van der Waals surface area contributed by atoms with E-state index in [1.165, 1.54) is 17.4 Å². The minimum Gasteiger partial charge on any atom is -0.357 e. The van der Waals surface area contributed by atoms with Crippen LogP contribution >= 0.6 is 11.3 Å². The summed E-state index contributed by atoms with van der Waals surface area (Å²) in [5.74, 6) is -1.29. The predicted molar refractivity (Wildman–Crippen MR) is 115 cm³/mol. The zero-order chi connectivity index (χ0) is 22.0. The lowest BCUT2D eigenvalue weighted by Crippen LogP contribution is -2.38. The zero-order valence-corrected chi connectivity index (χ0v) is 17.5. The molecule has 3 heterocycles. The van der Waals surface area contributed by atoms with E-state index >= 15 is 0 Å². The molecule has 0 atom stereocenters. The van der Waals surface area contributed by atoms with Crippen LogP contribution in [-0.4, -0.2) is 29.0 Å². The standard InChI is InChI=1S/C22H19F2N5OS/c1-13-20(16-3-4-17(23)18(24)10-16)27-22(31-13)28-21(30)15-6-8-29(9-7-15)19-5-2-14(11-25)12-26-19/h2-5,10,12,15H,6-9H2,1H3,(H,27,28,30). The molecule has 9 heteroatoms. The molecule has 1 aliphatic heterocycles. The zero-order valence-electron chi connectivity index (χ0n) is 16.7. The first-order valence-corrected chi connectivity index (χ1v) is 10.6. The molecule has 2 aromatic heterocycles. The second kappa shape index (κ2) is 8.78. The van der Waals surface area contributed by atoms with Crippen LogP contribution in [0, 0.1) is 35.8 Å². The number of piperidine rings is 1. The van der Waals surface area contributed by atoms with Crippen molar-refractivity contribution >= 4 is 28.2 Å². The van der Waals surface area contributed by atoms with E-state index in [-0.39, 0.29) is 11.8 Å². The lowest BCUT2D eigenvalue weighted by molar-refractivity contribution is -0.120. The summed E-state index contributed by atoms with van der Waals surface area (Å²) < 4.78 is 26.8. The number of nitrogens with zero attached hydrogens (tertiary/aromatic N) is 4. The molecule has 0 saturated carbocycles. The maximum absolute atomic E-state index is 13.6. The number of hydrogen-bond acceptors (Lipinski definition) is 6. The smallest absolute Gasteiger partial charge is 0.229 e. The van der Waals surface area contributed by atoms with Crippen molar-refractivity contribution in [3.8, 4) is 17.3 Å². The predicted octanol–water partition coefficient (Wildman–Crippen LogP) is 4.52. The molecule has 4 rings (SSSR count). The van der Waals surface area contributed by atoms with Crippen molar-refractivity contribution in [2.24, 2.45) is 5.92 Å². The van der Waals surface area contributed by atoms with E-state index in [1.54, 1.807) is 12.3 Å². The molecular weight excluding hydrogens is 420 g/mol. The Hall–Kier alpha value is -3.38. The van der Waals surface area contributed by atoms with Crippen LogP contribution in [0.2, 0.25) is 0 Å². The van der Waals surface area contributed by atoms with E-state index in [4.69, 9.17) is 5.26 Å². The molecule has 1 N–H and O–H groups in total. The Morgan fingerprint density at radius 3 is 2.65 bits per heavy atom. The molecule has 1 fully saturated rings. The van der Waals surface area contributed by atoms with Crippen LogP contribution in [0.4, 0.5) is 19.7 Å². The summed E-state index contributed by atoms with van der Waals surface area (Å²) in [6.45, 7) is 3.20. The molecule has 1 amide bonds. The summed E-state index contributed by atoms with van der Waals surface area (Å²) in [7, 11) is 0. The Kier molecular flexibility index (Phi) is 5.91. The minimum atomic E-state index is -0.931. The average Bonchev–Trinajstić information content (AvgIpc) is 3.15. The second-order valence-corrected chi connectivity index (χ2v) is 8.52. The number of anilines is 2. The number of rotatable bonds is 4. The topological polar surface area (TPSA) is 81.9 Å². The molecule has 0 bridgehead atoms. The second-order valence-electron chi connectivity index (χ2n) is 7.32. The van der Waals surface area contributed by atoms with Gasteiger partial charge in [-0.1, -0.05) is 0 Å². The Balaban J connectivity index is 1.38. The van der Waals surface area contributed by atoms with Gasteiger partial charge in [-0.15, -0.1) is 11.3 Å². The van der Waals surface area contributed by atoms with Crippen molar-refractivity contribution < 1.29 is 13.6 Å². The molecule has 1 saturated heterocycles. The van der Waals surface area contributed by atoms with Gasteiger partial charge >= 0.3 is 0 Å². The number of nitrogens with one attached hydrogen (secondary N) is 1. The first-order valence-electron chi connectivity index (χ1n) is 9.79. The van der Waals surface area contributed by atoms with Crippen molar-refractivity contribution in [2.75, 3.05) is 23.3 Å². The maximum Gasteiger partial charge on any atom is 0.229 e. The van der Waals surface area contributed by atoms with Gasteiger partial charge in [0.25, 0.3) is 0 Å². The van der Waals surface area contributed by atoms with Crippen LogP contribution in [0.5, 0.6) is 0 Å². The first-order chi connectivity index (χ1) is 14.9. The first kappa shape index (κ1) is 20.9. The van der Waals surface area contributed by atoms with E-state index in [9.17, 15) is 13.6 Å². The normalized spacial score (nSPS) is 14.3. The van der Waals surface area contributed by atoms with Crippen molar-refractivity contribution in [1.29, 1.82) is 5.26 Å². The van der Waals surface area contributed by atoms with Gasteiger partial charge in [0.2, 0.25) is 5.91 Å². The number of hydrogen-bond donors (Lipinski definition) is 1. The molecule has 0 unspecified atom stereocenters. The van der Waals surface area contributed by atoms with Gasteiger partial charge in [0.05, 0.1) is 11.3 Å². The van der Waals surface area contributed by atoms with Crippen molar-refractivity contribution in [3.63, 3.8) is 0 Å². The molecule has 158 valence electrons. The Bertz CT molecular complexity index is 1150. The molecule has 1 aliphatic rings. The number of nitriles is 1. The van der Waals surface area contributed by atoms with E-state index in [1.807, 2.05) is 19.1 Å². The fourth-order valence-electron chi connectivity index (χ4n) is 3.58. The summed E-state index contributed by atoms with van der Waals surface area (Å²) >= 11 is 1.31. The minimum absolute atomic E-state index is 0.0991. The number of benzene rings is 1. The fourth-order valence-corrected chi connectivity index (χ4v) is 4.42. The monoisotopic (exact) mass is 439 g/mol. The van der Waals surface area contributed by atoms with Crippen LogP contribution in [-0.2, 0) is 4.79 Å². The molecular formula is C22H19F2N5OS. The van der Waals surface area contributed by atoms with E-state index < -0.39 is 11.6 Å². The highest BCUT2D eigenvalue weighted by Crippen LogP contribution is 2.32. The molecule has 0 radical (unpaired) electrons. The van der Waals surface area contributed by atoms with Crippen LogP contribution in [0.1, 0.15) is 23.3 Å². The van der Waals surface area contributed by atoms with Crippen LogP contribution in [0.3, 0.4) is 0 Å². The number of aryl methyl sites for hydroxylation is 1. The molecule has 0 spiro atoms. The number of pyridine rings is 1. The Labute approximate surface area is 182 Å². The van der Waals surface area contributed by atoms with Gasteiger partial charge < -0.3 is 10.2 Å². The van der Waals surface area contributed by atoms with E-state index in [0.29, 0.717) is 47.9 Å². The third-order valence-corrected chi connectivity index (χ3v) is 6.17. The van der Waals surface area contributed by atoms with Gasteiger partial charge in [-0.25, -0.2) is 18.7 Å². The summed E-state index contributed by atoms with van der Waals surface area (Å²) in [5.41, 5.74) is 1.51. The summed E-state index contributed by atoms with van der Waals surface area (Å²) in [6.07, 6.45) is 2.89. The number of carbonyl (C=O) groups is 1. The maximum atomic E-state index is 13.6. The third kappa shape index (κ3) is 4.54. The van der Waals surface area contributed by atoms with Crippen molar-refractivity contribution in [1.82, 2.24) is 9.97 Å². The van der Waals surface area contributed by atoms with Crippen LogP contribution in [0.15, 0.2) is 36.5 Å². The third-order valence-electron chi connectivity index (χ3n) is 5.29. The van der Waals surface area contributed by atoms with Gasteiger partial charge in [-0.3, -0.25) is 4.79 Å². The molecule has 0 aliphatic carbocycles. The molecule has 3 aromatic rings. The lowest BCUT2D eigenvalue weighted by Gasteiger charge is -2.31. The average molecular weight is 439 g/mol. The van der Waals surface area contributed by atoms with E-state index in [2.05, 4.69) is 20.2 Å². The van der Waals surface area contributed by atoms with Crippen molar-refractivity contribution in [3.05, 3.63) is 58.6 Å². The highest BCUT2D eigenvalue weighted by atomic mass is 32.1. The summed E-state index contributed by atoms with van der Waals surface area (Å²) in [4.78, 5) is 24.4. The van der Waals surface area contributed by atoms with Crippen molar-refractivity contribution in [2.45, 2.75) is 19.8 Å². The molecule has 1 aromatic carbocycles. The Morgan fingerprint density at radius 2 is 2.00 bits per heavy atom. The number of carbonyl (C=O) groups excluding carboxylic acids is 1. The highest BCUT2D eigenvalue weighted by molar-refractivity contribution is 7.16. The summed E-state index contributed by atoms with van der Waals surface area (Å²) in [6, 6.07) is 9.24. The Morgan fingerprint density at radius 1 is 1.23 bits per heavy atom. The van der Waals surface area contributed by atoms with Gasteiger partial charge in [0, 0.05) is 35.6 Å². The van der Waals surface area contributed by atoms with Gasteiger partial charge in [0.1, 0.15) is 11.9 Å². The van der Waals surface area contributed by atoms with Gasteiger partial charge in [-0.2, -0.15) is 5.26 Å².